The van der Waals surface area contributed by atoms with E-state index in [0.717, 1.165) is 0 Å². The van der Waals surface area contributed by atoms with Gasteiger partial charge in [0.15, 0.2) is 0 Å². The largest absolute Gasteiger partial charge is 0.369 e. The molecule has 0 aliphatic rings. The number of halogens is 3. The molecule has 1 heterocycles. The van der Waals surface area contributed by atoms with Crippen LogP contribution in [-0.2, 0) is 0 Å². The summed E-state index contributed by atoms with van der Waals surface area (Å²) in [7, 11) is 0. The number of para-hydroxylation sites is 1. The zero-order valence-corrected chi connectivity index (χ0v) is 11.2. The maximum atomic E-state index is 14.1. The van der Waals surface area contributed by atoms with Crippen LogP contribution in [0.1, 0.15) is 5.56 Å². The fraction of sp³-hybridized carbons (Fsp3) is 0.0714. The Labute approximate surface area is 118 Å². The summed E-state index contributed by atoms with van der Waals surface area (Å²) < 4.78 is 29.0. The monoisotopic (exact) mass is 293 g/mol. The Bertz CT molecular complexity index is 807. The lowest BCUT2D eigenvalue weighted by molar-refractivity contribution is 0.618. The summed E-state index contributed by atoms with van der Waals surface area (Å²) in [4.78, 5) is 4.05. The zero-order chi connectivity index (χ0) is 14.4. The minimum atomic E-state index is -0.589. The molecule has 3 nitrogen and oxygen atoms in total. The summed E-state index contributed by atoms with van der Waals surface area (Å²) >= 11 is 5.79. The van der Waals surface area contributed by atoms with E-state index >= 15 is 0 Å². The van der Waals surface area contributed by atoms with Gasteiger partial charge in [-0.25, -0.2) is 13.8 Å². The number of nitrogens with two attached hydrogens (primary N) is 1. The van der Waals surface area contributed by atoms with E-state index < -0.39 is 11.6 Å². The van der Waals surface area contributed by atoms with Gasteiger partial charge in [-0.1, -0.05) is 23.7 Å². The summed E-state index contributed by atoms with van der Waals surface area (Å²) in [5.74, 6) is -0.944. The van der Waals surface area contributed by atoms with Gasteiger partial charge in [0.25, 0.3) is 0 Å². The molecule has 0 unspecified atom stereocenters. The van der Waals surface area contributed by atoms with Gasteiger partial charge in [-0.05, 0) is 24.6 Å². The molecule has 0 fully saturated rings. The van der Waals surface area contributed by atoms with Gasteiger partial charge in [-0.15, -0.1) is 0 Å². The second kappa shape index (κ2) is 4.45. The quantitative estimate of drug-likeness (QED) is 0.740. The van der Waals surface area contributed by atoms with Crippen LogP contribution in [-0.4, -0.2) is 9.55 Å². The normalized spacial score (nSPS) is 11.2. The number of fused-ring (bicyclic) bond motifs is 1. The van der Waals surface area contributed by atoms with Crippen LogP contribution < -0.4 is 5.73 Å². The Balaban J connectivity index is 2.42. The highest BCUT2D eigenvalue weighted by Gasteiger charge is 2.17. The molecule has 0 bridgehead atoms. The molecule has 20 heavy (non-hydrogen) atoms. The Kier molecular flexibility index (Phi) is 2.87. The van der Waals surface area contributed by atoms with Crippen molar-refractivity contribution in [2.24, 2.45) is 0 Å². The van der Waals surface area contributed by atoms with Crippen LogP contribution in [0.5, 0.6) is 0 Å². The number of aryl methyl sites for hydroxylation is 1. The first kappa shape index (κ1) is 12.9. The van der Waals surface area contributed by atoms with Crippen molar-refractivity contribution in [3.63, 3.8) is 0 Å². The van der Waals surface area contributed by atoms with Gasteiger partial charge < -0.3 is 5.73 Å². The summed E-state index contributed by atoms with van der Waals surface area (Å²) in [6, 6.07) is 7.27. The third-order valence-electron chi connectivity index (χ3n) is 3.13. The zero-order valence-electron chi connectivity index (χ0n) is 10.5. The molecule has 0 amide bonds. The fourth-order valence-electron chi connectivity index (χ4n) is 2.23. The van der Waals surface area contributed by atoms with Crippen LogP contribution in [0.3, 0.4) is 0 Å². The SMILES string of the molecule is Cc1cccc(F)c1-n1c(N)nc2cc(F)c(Cl)cc21. The first-order valence-electron chi connectivity index (χ1n) is 5.87. The van der Waals surface area contributed by atoms with Crippen molar-refractivity contribution in [2.45, 2.75) is 6.92 Å². The average molecular weight is 294 g/mol. The van der Waals surface area contributed by atoms with Crippen molar-refractivity contribution in [3.8, 4) is 5.69 Å². The van der Waals surface area contributed by atoms with E-state index in [1.165, 1.54) is 22.8 Å². The van der Waals surface area contributed by atoms with E-state index in [0.29, 0.717) is 16.6 Å². The first-order valence-corrected chi connectivity index (χ1v) is 6.25. The maximum absolute atomic E-state index is 14.1. The molecule has 2 aromatic carbocycles. The number of hydrogen-bond donors (Lipinski definition) is 1. The fourth-order valence-corrected chi connectivity index (χ4v) is 2.39. The van der Waals surface area contributed by atoms with E-state index in [2.05, 4.69) is 4.98 Å². The predicted octanol–water partition coefficient (Wildman–Crippen LogP) is 3.85. The molecule has 0 radical (unpaired) electrons. The summed E-state index contributed by atoms with van der Waals surface area (Å²) in [6.07, 6.45) is 0. The highest BCUT2D eigenvalue weighted by Crippen LogP contribution is 2.30. The average Bonchev–Trinajstić information content (AvgIpc) is 2.67. The topological polar surface area (TPSA) is 43.8 Å². The number of imidazole rings is 1. The van der Waals surface area contributed by atoms with Gasteiger partial charge in [0, 0.05) is 6.07 Å². The van der Waals surface area contributed by atoms with Crippen molar-refractivity contribution in [1.29, 1.82) is 0 Å². The van der Waals surface area contributed by atoms with E-state index in [9.17, 15) is 8.78 Å². The lowest BCUT2D eigenvalue weighted by Crippen LogP contribution is -2.05. The van der Waals surface area contributed by atoms with Gasteiger partial charge in [0.05, 0.1) is 21.7 Å². The molecule has 0 saturated heterocycles. The van der Waals surface area contributed by atoms with Crippen LogP contribution in [0.4, 0.5) is 14.7 Å². The molecule has 6 heteroatoms. The number of hydrogen-bond acceptors (Lipinski definition) is 2. The second-order valence-electron chi connectivity index (χ2n) is 4.47. The molecule has 3 rings (SSSR count). The number of nitrogens with zero attached hydrogens (tertiary/aromatic N) is 2. The van der Waals surface area contributed by atoms with E-state index in [1.54, 1.807) is 19.1 Å². The van der Waals surface area contributed by atoms with Gasteiger partial charge in [0.2, 0.25) is 5.95 Å². The van der Waals surface area contributed by atoms with Gasteiger partial charge >= 0.3 is 0 Å². The molecule has 0 atom stereocenters. The van der Waals surface area contributed by atoms with E-state index in [4.69, 9.17) is 17.3 Å². The molecular formula is C14H10ClF2N3. The number of rotatable bonds is 1. The number of nitrogen functional groups attached to an aromatic ring is 1. The third kappa shape index (κ3) is 1.82. The van der Waals surface area contributed by atoms with Crippen LogP contribution in [0.2, 0.25) is 5.02 Å². The Hall–Kier alpha value is -2.14. The molecule has 3 aromatic rings. The van der Waals surface area contributed by atoms with E-state index in [1.807, 2.05) is 0 Å². The van der Waals surface area contributed by atoms with Crippen molar-refractivity contribution in [1.82, 2.24) is 9.55 Å². The Morgan fingerprint density at radius 3 is 2.65 bits per heavy atom. The Morgan fingerprint density at radius 1 is 1.20 bits per heavy atom. The lowest BCUT2D eigenvalue weighted by atomic mass is 10.2. The highest BCUT2D eigenvalue weighted by molar-refractivity contribution is 6.31. The van der Waals surface area contributed by atoms with Crippen molar-refractivity contribution in [3.05, 3.63) is 52.6 Å². The van der Waals surface area contributed by atoms with Crippen molar-refractivity contribution in [2.75, 3.05) is 5.73 Å². The van der Waals surface area contributed by atoms with Gasteiger partial charge in [-0.2, -0.15) is 0 Å². The molecule has 0 spiro atoms. The molecular weight excluding hydrogens is 284 g/mol. The summed E-state index contributed by atoms with van der Waals surface area (Å²) in [5.41, 5.74) is 7.61. The predicted molar refractivity (Wildman–Crippen MR) is 75.1 cm³/mol. The number of anilines is 1. The highest BCUT2D eigenvalue weighted by atomic mass is 35.5. The van der Waals surface area contributed by atoms with E-state index in [-0.39, 0.29) is 16.7 Å². The van der Waals surface area contributed by atoms with Crippen LogP contribution in [0.15, 0.2) is 30.3 Å². The summed E-state index contributed by atoms with van der Waals surface area (Å²) in [5, 5.41) is -0.0624. The third-order valence-corrected chi connectivity index (χ3v) is 3.42. The smallest absolute Gasteiger partial charge is 0.206 e. The van der Waals surface area contributed by atoms with Gasteiger partial charge in [0.1, 0.15) is 11.6 Å². The van der Waals surface area contributed by atoms with Crippen LogP contribution in [0.25, 0.3) is 16.7 Å². The lowest BCUT2D eigenvalue weighted by Gasteiger charge is -2.11. The molecule has 1 aromatic heterocycles. The van der Waals surface area contributed by atoms with Crippen molar-refractivity contribution >= 4 is 28.6 Å². The minimum absolute atomic E-state index is 0.0624. The van der Waals surface area contributed by atoms with Gasteiger partial charge in [-0.3, -0.25) is 4.57 Å². The molecule has 2 N–H and O–H groups in total. The number of aromatic nitrogens is 2. The maximum Gasteiger partial charge on any atom is 0.206 e. The molecule has 0 saturated carbocycles. The minimum Gasteiger partial charge on any atom is -0.369 e. The molecule has 0 aliphatic carbocycles. The second-order valence-corrected chi connectivity index (χ2v) is 4.87. The first-order chi connectivity index (χ1) is 9.49. The van der Waals surface area contributed by atoms with Crippen LogP contribution in [0, 0.1) is 18.6 Å². The number of benzene rings is 2. The molecule has 102 valence electrons. The molecule has 0 aliphatic heterocycles. The summed E-state index contributed by atoms with van der Waals surface area (Å²) in [6.45, 7) is 1.76. The Morgan fingerprint density at radius 2 is 1.95 bits per heavy atom. The van der Waals surface area contributed by atoms with Crippen molar-refractivity contribution < 1.29 is 8.78 Å². The van der Waals surface area contributed by atoms with Crippen LogP contribution >= 0.6 is 11.6 Å². The standard InChI is InChI=1S/C14H10ClF2N3/c1-7-3-2-4-9(16)13(7)20-12-5-8(15)10(17)6-11(12)19-14(20)18/h2-6H,1H3,(H2,18,19).